The van der Waals surface area contributed by atoms with Crippen LogP contribution in [-0.4, -0.2) is 25.1 Å². The van der Waals surface area contributed by atoms with Crippen molar-refractivity contribution >= 4 is 39.1 Å². The van der Waals surface area contributed by atoms with E-state index in [9.17, 15) is 18.4 Å². The fraction of sp³-hybridized carbons (Fsp3) is 0.269. The maximum absolute atomic E-state index is 13.4. The summed E-state index contributed by atoms with van der Waals surface area (Å²) < 4.78 is 35.1. The highest BCUT2D eigenvalue weighted by atomic mass is 35.5. The number of hydroxylamine groups is 1. The molecule has 2 aliphatic carbocycles. The van der Waals surface area contributed by atoms with Crippen LogP contribution in [0.1, 0.15) is 35.4 Å². The molecular formula is C26H24Cl2N2O5S. The summed E-state index contributed by atoms with van der Waals surface area (Å²) in [5, 5.41) is 10.5. The average molecular weight is 547 g/mol. The second-order valence-electron chi connectivity index (χ2n) is 9.09. The number of fused-ring (bicyclic) bond motifs is 3. The van der Waals surface area contributed by atoms with Crippen LogP contribution in [0, 0.1) is 5.92 Å². The van der Waals surface area contributed by atoms with E-state index in [2.05, 4.69) is 4.72 Å². The van der Waals surface area contributed by atoms with Crippen molar-refractivity contribution in [1.29, 1.82) is 0 Å². The van der Waals surface area contributed by atoms with Crippen molar-refractivity contribution in [1.82, 2.24) is 10.2 Å². The number of amides is 1. The van der Waals surface area contributed by atoms with Gasteiger partial charge in [-0.1, -0.05) is 53.5 Å². The summed E-state index contributed by atoms with van der Waals surface area (Å²) in [4.78, 5) is 12.9. The van der Waals surface area contributed by atoms with Crippen LogP contribution in [0.2, 0.25) is 10.0 Å². The molecule has 3 aromatic carbocycles. The first-order valence-corrected chi connectivity index (χ1v) is 13.7. The summed E-state index contributed by atoms with van der Waals surface area (Å²) in [5.41, 5.74) is 3.02. The van der Waals surface area contributed by atoms with Gasteiger partial charge in [-0.25, -0.2) is 13.9 Å². The van der Waals surface area contributed by atoms with Gasteiger partial charge in [0.2, 0.25) is 10.0 Å². The zero-order chi connectivity index (χ0) is 25.5. The van der Waals surface area contributed by atoms with E-state index >= 15 is 0 Å². The smallest absolute Gasteiger partial charge is 0.265 e. The lowest BCUT2D eigenvalue weighted by atomic mass is 9.97. The van der Waals surface area contributed by atoms with Gasteiger partial charge >= 0.3 is 0 Å². The lowest BCUT2D eigenvalue weighted by Gasteiger charge is -2.21. The van der Waals surface area contributed by atoms with Gasteiger partial charge in [-0.3, -0.25) is 10.0 Å². The zero-order valence-corrected chi connectivity index (χ0v) is 21.4. The minimum absolute atomic E-state index is 0.0146. The van der Waals surface area contributed by atoms with Crippen LogP contribution in [0.25, 0.3) is 0 Å². The Labute approximate surface area is 219 Å². The Kier molecular flexibility index (Phi) is 6.74. The number of nitrogens with one attached hydrogen (secondary N) is 2. The Morgan fingerprint density at radius 1 is 1.08 bits per heavy atom. The van der Waals surface area contributed by atoms with E-state index in [0.29, 0.717) is 22.2 Å². The summed E-state index contributed by atoms with van der Waals surface area (Å²) in [5.74, 6) is -0.912. The fourth-order valence-electron chi connectivity index (χ4n) is 5.28. The molecular weight excluding hydrogens is 523 g/mol. The molecule has 0 aliphatic heterocycles. The molecule has 0 spiro atoms. The molecule has 1 fully saturated rings. The lowest BCUT2D eigenvalue weighted by molar-refractivity contribution is -0.132. The Morgan fingerprint density at radius 3 is 2.56 bits per heavy atom. The Hall–Kier alpha value is -2.62. The number of carbonyl (C=O) groups is 1. The first kappa shape index (κ1) is 25.0. The third-order valence-corrected chi connectivity index (χ3v) is 9.13. The van der Waals surface area contributed by atoms with Gasteiger partial charge in [0.25, 0.3) is 5.91 Å². The molecule has 0 bridgehead atoms. The summed E-state index contributed by atoms with van der Waals surface area (Å²) in [6.07, 6.45) is 2.36. The Balaban J connectivity index is 1.36. The van der Waals surface area contributed by atoms with Crippen molar-refractivity contribution in [2.75, 3.05) is 0 Å². The van der Waals surface area contributed by atoms with E-state index in [4.69, 9.17) is 27.9 Å². The molecule has 0 aromatic heterocycles. The molecule has 1 amide bonds. The van der Waals surface area contributed by atoms with E-state index < -0.39 is 21.5 Å². The molecule has 36 heavy (non-hydrogen) atoms. The molecule has 5 rings (SSSR count). The number of carbonyl (C=O) groups excluding carboxylic acids is 1. The SMILES string of the molecule is O=C(NO)C1(NS(=O)(=O)c2ccc(OCc3ccc(Cl)cc3Cl)cc2)C2CCCc3ccccc3C21. The van der Waals surface area contributed by atoms with E-state index in [1.165, 1.54) is 24.3 Å². The van der Waals surface area contributed by atoms with Gasteiger partial charge in [-0.2, -0.15) is 4.72 Å². The summed E-state index contributed by atoms with van der Waals surface area (Å²) in [6.45, 7) is 0.183. The molecule has 3 unspecified atom stereocenters. The molecule has 10 heteroatoms. The number of aryl methyl sites for hydroxylation is 1. The molecule has 7 nitrogen and oxygen atoms in total. The van der Waals surface area contributed by atoms with Crippen molar-refractivity contribution < 1.29 is 23.2 Å². The van der Waals surface area contributed by atoms with Crippen LogP contribution in [0.5, 0.6) is 5.75 Å². The monoisotopic (exact) mass is 546 g/mol. The van der Waals surface area contributed by atoms with Crippen molar-refractivity contribution in [3.8, 4) is 5.75 Å². The van der Waals surface area contributed by atoms with Gasteiger partial charge in [-0.05, 0) is 72.7 Å². The number of rotatable bonds is 7. The predicted octanol–water partition coefficient (Wildman–Crippen LogP) is 4.84. The topological polar surface area (TPSA) is 105 Å². The van der Waals surface area contributed by atoms with Gasteiger partial charge in [0.1, 0.15) is 17.9 Å². The number of benzene rings is 3. The van der Waals surface area contributed by atoms with Crippen molar-refractivity contribution in [2.45, 2.75) is 42.2 Å². The third kappa shape index (κ3) is 4.48. The third-order valence-electron chi connectivity index (χ3n) is 7.04. The molecule has 0 radical (unpaired) electrons. The summed E-state index contributed by atoms with van der Waals surface area (Å²) in [7, 11) is -4.09. The van der Waals surface area contributed by atoms with Gasteiger partial charge in [0.15, 0.2) is 0 Å². The first-order chi connectivity index (χ1) is 17.3. The van der Waals surface area contributed by atoms with Gasteiger partial charge in [0, 0.05) is 21.5 Å². The normalized spacial score (nSPS) is 22.6. The second-order valence-corrected chi connectivity index (χ2v) is 11.6. The number of sulfonamides is 1. The molecule has 0 saturated heterocycles. The standard InChI is InChI=1S/C26H24Cl2N2O5S/c27-18-9-8-17(23(28)14-18)15-35-19-10-12-20(13-11-19)36(33,34)30-26(25(31)29-32)22-7-3-5-16-4-1-2-6-21(16)24(22)26/h1-2,4,6,8-14,22,24,30,32H,3,5,7,15H2,(H,29,31). The Morgan fingerprint density at radius 2 is 1.83 bits per heavy atom. The molecule has 0 heterocycles. The number of hydrogen-bond donors (Lipinski definition) is 3. The molecule has 3 N–H and O–H groups in total. The average Bonchev–Trinajstić information content (AvgIpc) is 3.54. The van der Waals surface area contributed by atoms with E-state index in [-0.39, 0.29) is 23.3 Å². The van der Waals surface area contributed by atoms with E-state index in [1.54, 1.807) is 23.7 Å². The highest BCUT2D eigenvalue weighted by Gasteiger charge is 2.71. The van der Waals surface area contributed by atoms with Crippen LogP contribution >= 0.6 is 23.2 Å². The van der Waals surface area contributed by atoms with Gasteiger partial charge in [0.05, 0.1) is 4.90 Å². The van der Waals surface area contributed by atoms with E-state index in [0.717, 1.165) is 29.5 Å². The van der Waals surface area contributed by atoms with Crippen molar-refractivity contribution in [2.24, 2.45) is 5.92 Å². The molecule has 1 saturated carbocycles. The van der Waals surface area contributed by atoms with E-state index in [1.807, 2.05) is 24.3 Å². The minimum Gasteiger partial charge on any atom is -0.489 e. The number of hydrogen-bond acceptors (Lipinski definition) is 5. The second kappa shape index (κ2) is 9.68. The Bertz CT molecular complexity index is 1410. The maximum Gasteiger partial charge on any atom is 0.265 e. The van der Waals surface area contributed by atoms with Crippen molar-refractivity contribution in [3.63, 3.8) is 0 Å². The van der Waals surface area contributed by atoms with Crippen molar-refractivity contribution in [3.05, 3.63) is 93.5 Å². The number of ether oxygens (including phenoxy) is 1. The van der Waals surface area contributed by atoms with Gasteiger partial charge in [-0.15, -0.1) is 0 Å². The molecule has 2 aliphatic rings. The zero-order valence-electron chi connectivity index (χ0n) is 19.1. The van der Waals surface area contributed by atoms with Crippen LogP contribution in [-0.2, 0) is 27.8 Å². The highest BCUT2D eigenvalue weighted by Crippen LogP contribution is 2.62. The lowest BCUT2D eigenvalue weighted by Crippen LogP contribution is -2.50. The largest absolute Gasteiger partial charge is 0.489 e. The quantitative estimate of drug-likeness (QED) is 0.290. The first-order valence-electron chi connectivity index (χ1n) is 11.5. The fourth-order valence-corrected chi connectivity index (χ4v) is 7.17. The predicted molar refractivity (Wildman–Crippen MR) is 136 cm³/mol. The number of halogens is 2. The highest BCUT2D eigenvalue weighted by molar-refractivity contribution is 7.89. The molecule has 3 aromatic rings. The molecule has 3 atom stereocenters. The van der Waals surface area contributed by atoms with Crippen LogP contribution in [0.3, 0.4) is 0 Å². The summed E-state index contributed by atoms with van der Waals surface area (Å²) >= 11 is 12.1. The van der Waals surface area contributed by atoms with Crippen LogP contribution < -0.4 is 14.9 Å². The van der Waals surface area contributed by atoms with Gasteiger partial charge < -0.3 is 4.74 Å². The maximum atomic E-state index is 13.4. The van der Waals surface area contributed by atoms with Crippen LogP contribution in [0.15, 0.2) is 71.6 Å². The minimum atomic E-state index is -4.09. The molecule has 188 valence electrons. The summed E-state index contributed by atoms with van der Waals surface area (Å²) in [6, 6.07) is 18.7. The van der Waals surface area contributed by atoms with Crippen LogP contribution in [0.4, 0.5) is 0 Å².